The number of nitrogens with one attached hydrogen (secondary N) is 2. The summed E-state index contributed by atoms with van der Waals surface area (Å²) in [5.74, 6) is 0.238. The van der Waals surface area contributed by atoms with E-state index in [1.807, 2.05) is 0 Å². The molecule has 3 aromatic rings. The van der Waals surface area contributed by atoms with Crippen LogP contribution < -0.4 is 14.8 Å². The molecule has 158 valence electrons. The van der Waals surface area contributed by atoms with Gasteiger partial charge in [-0.1, -0.05) is 18.2 Å². The van der Waals surface area contributed by atoms with Crippen molar-refractivity contribution in [1.29, 1.82) is 0 Å². The van der Waals surface area contributed by atoms with Crippen LogP contribution >= 0.6 is 11.3 Å². The van der Waals surface area contributed by atoms with Crippen LogP contribution in [-0.2, 0) is 26.0 Å². The first-order chi connectivity index (χ1) is 14.5. The largest absolute Gasteiger partial charge is 0.475 e. The van der Waals surface area contributed by atoms with Crippen LogP contribution in [0.15, 0.2) is 64.3 Å². The molecule has 10 heteroatoms. The van der Waals surface area contributed by atoms with Crippen molar-refractivity contribution in [3.05, 3.63) is 65.7 Å². The van der Waals surface area contributed by atoms with E-state index in [1.165, 1.54) is 6.20 Å². The lowest BCUT2D eigenvalue weighted by atomic mass is 10.1. The monoisotopic (exact) mass is 447 g/mol. The summed E-state index contributed by atoms with van der Waals surface area (Å²) < 4.78 is 37.5. The highest BCUT2D eigenvalue weighted by Gasteiger charge is 2.15. The van der Waals surface area contributed by atoms with Gasteiger partial charge in [0.05, 0.1) is 24.9 Å². The number of hydrogen-bond donors (Lipinski definition) is 2. The summed E-state index contributed by atoms with van der Waals surface area (Å²) in [6.45, 7) is 0.864. The van der Waals surface area contributed by atoms with E-state index >= 15 is 0 Å². The number of pyridine rings is 1. The molecule has 0 atom stereocenters. The molecule has 0 saturated heterocycles. The summed E-state index contributed by atoms with van der Waals surface area (Å²) in [7, 11) is -2.00. The predicted octanol–water partition coefficient (Wildman–Crippen LogP) is 3.15. The lowest BCUT2D eigenvalue weighted by Crippen LogP contribution is -2.15. The van der Waals surface area contributed by atoms with Gasteiger partial charge in [-0.3, -0.25) is 9.52 Å². The topological polar surface area (TPSA) is 107 Å². The van der Waals surface area contributed by atoms with E-state index in [1.54, 1.807) is 61.0 Å². The first kappa shape index (κ1) is 21.8. The number of nitrogens with zero attached hydrogens (tertiary/aromatic N) is 1. The van der Waals surface area contributed by atoms with Gasteiger partial charge in [-0.05, 0) is 35.2 Å². The van der Waals surface area contributed by atoms with Crippen LogP contribution in [0.5, 0.6) is 5.88 Å². The van der Waals surface area contributed by atoms with Gasteiger partial charge in [-0.25, -0.2) is 13.4 Å². The Morgan fingerprint density at radius 1 is 1.07 bits per heavy atom. The van der Waals surface area contributed by atoms with Gasteiger partial charge in [0.1, 0.15) is 10.8 Å². The second-order valence-corrected chi connectivity index (χ2v) is 9.04. The number of methoxy groups -OCH3 is 1. The molecular formula is C20H21N3O5S2. The zero-order chi connectivity index (χ0) is 21.4. The molecule has 0 saturated carbocycles. The fraction of sp³-hybridized carbons (Fsp3) is 0.200. The maximum absolute atomic E-state index is 12.3. The smallest absolute Gasteiger partial charge is 0.271 e. The highest BCUT2D eigenvalue weighted by atomic mass is 32.2. The van der Waals surface area contributed by atoms with Crippen molar-refractivity contribution in [2.75, 3.05) is 30.4 Å². The minimum absolute atomic E-state index is 0.143. The third kappa shape index (κ3) is 6.28. The molecule has 0 aliphatic heterocycles. The zero-order valence-electron chi connectivity index (χ0n) is 16.2. The van der Waals surface area contributed by atoms with E-state index in [0.717, 1.165) is 16.9 Å². The number of carbonyl (C=O) groups excluding carboxylic acids is 1. The van der Waals surface area contributed by atoms with E-state index in [0.29, 0.717) is 30.5 Å². The third-order valence-electron chi connectivity index (χ3n) is 3.89. The van der Waals surface area contributed by atoms with Gasteiger partial charge in [0, 0.05) is 18.9 Å². The molecular weight excluding hydrogens is 426 g/mol. The fourth-order valence-corrected chi connectivity index (χ4v) is 4.52. The Morgan fingerprint density at radius 3 is 2.47 bits per heavy atom. The van der Waals surface area contributed by atoms with Crippen LogP contribution in [0, 0.1) is 0 Å². The van der Waals surface area contributed by atoms with Crippen molar-refractivity contribution in [3.63, 3.8) is 0 Å². The number of ether oxygens (including phenoxy) is 2. The van der Waals surface area contributed by atoms with Gasteiger partial charge in [0.15, 0.2) is 0 Å². The van der Waals surface area contributed by atoms with E-state index in [2.05, 4.69) is 15.0 Å². The Kier molecular flexibility index (Phi) is 7.39. The Morgan fingerprint density at radius 2 is 1.83 bits per heavy atom. The quantitative estimate of drug-likeness (QED) is 0.463. The molecule has 0 spiro atoms. The number of benzene rings is 1. The Balaban J connectivity index is 1.52. The molecule has 0 aliphatic carbocycles. The van der Waals surface area contributed by atoms with E-state index in [9.17, 15) is 13.2 Å². The van der Waals surface area contributed by atoms with E-state index in [4.69, 9.17) is 9.47 Å². The van der Waals surface area contributed by atoms with Crippen molar-refractivity contribution in [2.24, 2.45) is 0 Å². The highest BCUT2D eigenvalue weighted by Crippen LogP contribution is 2.20. The Hall–Kier alpha value is -2.95. The van der Waals surface area contributed by atoms with Crippen molar-refractivity contribution < 1.29 is 22.7 Å². The van der Waals surface area contributed by atoms with Crippen molar-refractivity contribution >= 4 is 38.6 Å². The van der Waals surface area contributed by atoms with Gasteiger partial charge in [0.25, 0.3) is 10.0 Å². The molecule has 0 fully saturated rings. The highest BCUT2D eigenvalue weighted by molar-refractivity contribution is 7.94. The Bertz CT molecular complexity index is 1050. The van der Waals surface area contributed by atoms with Crippen LogP contribution in [-0.4, -0.2) is 39.6 Å². The third-order valence-corrected chi connectivity index (χ3v) is 6.67. The summed E-state index contributed by atoms with van der Waals surface area (Å²) in [6.07, 6.45) is 1.66. The molecule has 3 rings (SSSR count). The van der Waals surface area contributed by atoms with E-state index in [-0.39, 0.29) is 16.5 Å². The van der Waals surface area contributed by atoms with Gasteiger partial charge in [-0.15, -0.1) is 11.3 Å². The van der Waals surface area contributed by atoms with Gasteiger partial charge in [0.2, 0.25) is 11.8 Å². The predicted molar refractivity (Wildman–Crippen MR) is 116 cm³/mol. The maximum Gasteiger partial charge on any atom is 0.271 e. The number of hydrogen-bond acceptors (Lipinski definition) is 7. The zero-order valence-corrected chi connectivity index (χ0v) is 17.8. The second kappa shape index (κ2) is 10.2. The molecule has 2 N–H and O–H groups in total. The van der Waals surface area contributed by atoms with Crippen LogP contribution in [0.1, 0.15) is 5.56 Å². The summed E-state index contributed by atoms with van der Waals surface area (Å²) >= 11 is 1.15. The average Bonchev–Trinajstić information content (AvgIpc) is 3.27. The molecule has 0 bridgehead atoms. The number of aromatic nitrogens is 1. The maximum atomic E-state index is 12.3. The molecule has 1 amide bonds. The SMILES string of the molecule is COCCOc1ccc(NC(=O)Cc2ccc(NS(=O)(=O)c3cccs3)cc2)cn1. The minimum atomic E-state index is -3.59. The summed E-state index contributed by atoms with van der Waals surface area (Å²) in [5.41, 5.74) is 1.74. The number of thiophene rings is 1. The number of carbonyl (C=O) groups is 1. The van der Waals surface area contributed by atoms with Gasteiger partial charge >= 0.3 is 0 Å². The minimum Gasteiger partial charge on any atom is -0.475 e. The van der Waals surface area contributed by atoms with Crippen molar-refractivity contribution in [2.45, 2.75) is 10.6 Å². The lowest BCUT2D eigenvalue weighted by molar-refractivity contribution is -0.115. The average molecular weight is 448 g/mol. The fourth-order valence-electron chi connectivity index (χ4n) is 2.47. The molecule has 2 aromatic heterocycles. The van der Waals surface area contributed by atoms with Crippen LogP contribution in [0.4, 0.5) is 11.4 Å². The lowest BCUT2D eigenvalue weighted by Gasteiger charge is -2.09. The van der Waals surface area contributed by atoms with Crippen LogP contribution in [0.25, 0.3) is 0 Å². The summed E-state index contributed by atoms with van der Waals surface area (Å²) in [4.78, 5) is 16.4. The normalized spacial score (nSPS) is 11.1. The molecule has 2 heterocycles. The number of rotatable bonds is 10. The van der Waals surface area contributed by atoms with Crippen molar-refractivity contribution in [3.8, 4) is 5.88 Å². The molecule has 30 heavy (non-hydrogen) atoms. The second-order valence-electron chi connectivity index (χ2n) is 6.19. The first-order valence-corrected chi connectivity index (χ1v) is 11.4. The van der Waals surface area contributed by atoms with Gasteiger partial charge < -0.3 is 14.8 Å². The van der Waals surface area contributed by atoms with E-state index < -0.39 is 10.0 Å². The molecule has 1 aromatic carbocycles. The first-order valence-electron chi connectivity index (χ1n) is 8.99. The Labute approximate surface area is 178 Å². The molecule has 8 nitrogen and oxygen atoms in total. The molecule has 0 unspecified atom stereocenters. The van der Waals surface area contributed by atoms with Crippen LogP contribution in [0.3, 0.4) is 0 Å². The van der Waals surface area contributed by atoms with Gasteiger partial charge in [-0.2, -0.15) is 0 Å². The number of amides is 1. The standard InChI is InChI=1S/C20H21N3O5S2/c1-27-10-11-28-19-9-8-17(14-21-19)22-18(24)13-15-4-6-16(7-5-15)23-30(25,26)20-3-2-12-29-20/h2-9,12,14,23H,10-11,13H2,1H3,(H,22,24). The number of anilines is 2. The number of sulfonamides is 1. The molecule has 0 aliphatic rings. The van der Waals surface area contributed by atoms with Crippen LogP contribution in [0.2, 0.25) is 0 Å². The summed E-state index contributed by atoms with van der Waals surface area (Å²) in [6, 6.07) is 13.3. The molecule has 0 radical (unpaired) electrons. The summed E-state index contributed by atoms with van der Waals surface area (Å²) in [5, 5.41) is 4.47. The van der Waals surface area contributed by atoms with Crippen molar-refractivity contribution in [1.82, 2.24) is 4.98 Å².